The van der Waals surface area contributed by atoms with Crippen LogP contribution in [0.4, 0.5) is 36.4 Å². The summed E-state index contributed by atoms with van der Waals surface area (Å²) in [6.07, 6.45) is -8.75. The average Bonchev–Trinajstić information content (AvgIpc) is 2.66. The largest absolute Gasteiger partial charge is 0.399 e. The Kier molecular flexibility index (Phi) is 8.40. The van der Waals surface area contributed by atoms with E-state index in [1.165, 1.54) is 31.2 Å². The highest BCUT2D eigenvalue weighted by Gasteiger charge is 2.39. The van der Waals surface area contributed by atoms with E-state index < -0.39 is 41.4 Å². The highest BCUT2D eigenvalue weighted by atomic mass is 35.5. The number of alkyl halides is 6. The average molecular weight is 497 g/mol. The van der Waals surface area contributed by atoms with E-state index in [9.17, 15) is 35.5 Å². The van der Waals surface area contributed by atoms with E-state index >= 15 is 0 Å². The highest BCUT2D eigenvalue weighted by Crippen LogP contribution is 2.38. The first kappa shape index (κ1) is 26.5. The molecule has 1 amide bonds. The van der Waals surface area contributed by atoms with Crippen LogP contribution in [0, 0.1) is 12.7 Å². The van der Waals surface area contributed by atoms with Crippen LogP contribution in [-0.4, -0.2) is 24.8 Å². The molecule has 0 radical (unpaired) electrons. The molecule has 0 aliphatic heterocycles. The maximum Gasteiger partial charge on any atom is 0.399 e. The van der Waals surface area contributed by atoms with E-state index in [-0.39, 0.29) is 29.8 Å². The van der Waals surface area contributed by atoms with Crippen molar-refractivity contribution in [3.63, 3.8) is 0 Å². The number of rotatable bonds is 7. The molecular formula is C22H20ClF7N2O. The lowest BCUT2D eigenvalue weighted by molar-refractivity contribution is -0.153. The monoisotopic (exact) mass is 496 g/mol. The molecular weight excluding hydrogens is 477 g/mol. The molecule has 3 nitrogen and oxygen atoms in total. The van der Waals surface area contributed by atoms with Gasteiger partial charge in [-0.3, -0.25) is 4.79 Å². The summed E-state index contributed by atoms with van der Waals surface area (Å²) in [6.45, 7) is 1.17. The molecule has 2 aromatic carbocycles. The molecule has 2 aromatic rings. The van der Waals surface area contributed by atoms with Gasteiger partial charge >= 0.3 is 12.4 Å². The Morgan fingerprint density at radius 3 is 2.39 bits per heavy atom. The molecule has 0 heterocycles. The van der Waals surface area contributed by atoms with Gasteiger partial charge in [0.05, 0.1) is 10.9 Å². The summed E-state index contributed by atoms with van der Waals surface area (Å²) in [5, 5.41) is 1.70. The summed E-state index contributed by atoms with van der Waals surface area (Å²) in [7, 11) is 0. The molecule has 0 aromatic heterocycles. The number of carbonyl (C=O) groups excluding carboxylic acids is 1. The summed E-state index contributed by atoms with van der Waals surface area (Å²) < 4.78 is 91.3. The van der Waals surface area contributed by atoms with Crippen LogP contribution in [0.15, 0.2) is 36.4 Å². The third-order valence-corrected chi connectivity index (χ3v) is 4.94. The molecule has 2 rings (SSSR count). The van der Waals surface area contributed by atoms with Gasteiger partial charge in [-0.15, -0.1) is 0 Å². The number of nitrogens with two attached hydrogens (primary N) is 1. The van der Waals surface area contributed by atoms with Gasteiger partial charge < -0.3 is 11.1 Å². The Bertz CT molecular complexity index is 1010. The van der Waals surface area contributed by atoms with Crippen molar-refractivity contribution in [2.75, 3.05) is 12.3 Å². The molecule has 0 spiro atoms. The first-order chi connectivity index (χ1) is 15.2. The second-order valence-corrected chi connectivity index (χ2v) is 7.77. The zero-order valence-electron chi connectivity index (χ0n) is 17.2. The van der Waals surface area contributed by atoms with Crippen molar-refractivity contribution in [3.8, 4) is 0 Å². The Morgan fingerprint density at radius 1 is 1.15 bits per heavy atom. The summed E-state index contributed by atoms with van der Waals surface area (Å²) in [6, 6.07) is 6.37. The molecule has 11 heteroatoms. The molecule has 0 aliphatic carbocycles. The summed E-state index contributed by atoms with van der Waals surface area (Å²) >= 11 is 5.70. The van der Waals surface area contributed by atoms with E-state index in [0.29, 0.717) is 11.1 Å². The van der Waals surface area contributed by atoms with Gasteiger partial charge in [0.2, 0.25) is 5.91 Å². The second kappa shape index (κ2) is 10.5. The lowest BCUT2D eigenvalue weighted by atomic mass is 9.95. The minimum absolute atomic E-state index is 0.0255. The molecule has 0 saturated carbocycles. The maximum atomic E-state index is 13.7. The second-order valence-electron chi connectivity index (χ2n) is 7.36. The van der Waals surface area contributed by atoms with Gasteiger partial charge in [-0.25, -0.2) is 4.39 Å². The summed E-state index contributed by atoms with van der Waals surface area (Å²) in [5.41, 5.74) is 6.62. The van der Waals surface area contributed by atoms with Crippen LogP contribution in [0.2, 0.25) is 5.02 Å². The third-order valence-electron chi connectivity index (χ3n) is 4.67. The number of aryl methyl sites for hydroxylation is 1. The van der Waals surface area contributed by atoms with E-state index in [1.807, 2.05) is 0 Å². The van der Waals surface area contributed by atoms with Crippen LogP contribution in [0.1, 0.15) is 34.6 Å². The van der Waals surface area contributed by atoms with Crippen molar-refractivity contribution in [1.82, 2.24) is 5.32 Å². The molecule has 0 aliphatic rings. The quantitative estimate of drug-likeness (QED) is 0.347. The van der Waals surface area contributed by atoms with Crippen LogP contribution < -0.4 is 11.1 Å². The number of anilines is 1. The number of amides is 1. The fraction of sp³-hybridized carbons (Fsp3) is 0.318. The van der Waals surface area contributed by atoms with Crippen molar-refractivity contribution in [1.29, 1.82) is 0 Å². The molecule has 1 atom stereocenters. The van der Waals surface area contributed by atoms with Gasteiger partial charge in [0, 0.05) is 12.2 Å². The fourth-order valence-electron chi connectivity index (χ4n) is 3.08. The molecule has 180 valence electrons. The smallest absolute Gasteiger partial charge is 0.399 e. The van der Waals surface area contributed by atoms with Crippen molar-refractivity contribution in [2.24, 2.45) is 0 Å². The molecule has 0 fully saturated rings. The van der Waals surface area contributed by atoms with Crippen molar-refractivity contribution >= 4 is 29.3 Å². The predicted octanol–water partition coefficient (Wildman–Crippen LogP) is 6.34. The number of carbonyl (C=O) groups is 1. The number of hydrogen-bond acceptors (Lipinski definition) is 2. The SMILES string of the molecule is Cc1cc(C(/C=C/c2ccc(N)c(CCNC(=O)CC(F)(F)F)c2)C(F)(F)F)cc(Cl)c1F. The van der Waals surface area contributed by atoms with E-state index in [2.05, 4.69) is 5.32 Å². The first-order valence-corrected chi connectivity index (χ1v) is 9.97. The number of nitrogen functional groups attached to an aromatic ring is 1. The van der Waals surface area contributed by atoms with Gasteiger partial charge in [0.1, 0.15) is 12.2 Å². The Labute approximate surface area is 190 Å². The standard InChI is InChI=1S/C22H20ClF7N2O/c1-12-8-15(10-17(23)20(12)24)16(22(28,29)30)4-2-13-3-5-18(31)14(9-13)6-7-32-19(33)11-21(25,26)27/h2-5,8-10,16H,6-7,11,31H2,1H3,(H,32,33)/b4-2+. The van der Waals surface area contributed by atoms with Crippen LogP contribution in [0.5, 0.6) is 0 Å². The van der Waals surface area contributed by atoms with Gasteiger partial charge in [-0.2, -0.15) is 26.3 Å². The third kappa shape index (κ3) is 7.96. The summed E-state index contributed by atoms with van der Waals surface area (Å²) in [5.74, 6) is -4.05. The number of halogens is 8. The lowest BCUT2D eigenvalue weighted by Gasteiger charge is -2.18. The zero-order chi connectivity index (χ0) is 25.0. The van der Waals surface area contributed by atoms with E-state index in [0.717, 1.165) is 18.2 Å². The minimum Gasteiger partial charge on any atom is -0.399 e. The number of hydrogen-bond donors (Lipinski definition) is 2. The molecule has 33 heavy (non-hydrogen) atoms. The van der Waals surface area contributed by atoms with Gasteiger partial charge in [-0.05, 0) is 53.8 Å². The Balaban J connectivity index is 2.19. The predicted molar refractivity (Wildman–Crippen MR) is 112 cm³/mol. The van der Waals surface area contributed by atoms with Gasteiger partial charge in [0.15, 0.2) is 0 Å². The van der Waals surface area contributed by atoms with Crippen molar-refractivity contribution in [3.05, 3.63) is 69.5 Å². The normalized spacial score (nSPS) is 13.4. The van der Waals surface area contributed by atoms with Crippen molar-refractivity contribution in [2.45, 2.75) is 38.0 Å². The minimum atomic E-state index is -4.68. The molecule has 3 N–H and O–H groups in total. The summed E-state index contributed by atoms with van der Waals surface area (Å²) in [4.78, 5) is 11.3. The van der Waals surface area contributed by atoms with Crippen LogP contribution in [0.3, 0.4) is 0 Å². The van der Waals surface area contributed by atoms with E-state index in [1.54, 1.807) is 0 Å². The Morgan fingerprint density at radius 2 is 1.82 bits per heavy atom. The first-order valence-electron chi connectivity index (χ1n) is 9.59. The van der Waals surface area contributed by atoms with Gasteiger partial charge in [0.25, 0.3) is 0 Å². The fourth-order valence-corrected chi connectivity index (χ4v) is 3.35. The van der Waals surface area contributed by atoms with Crippen LogP contribution in [0.25, 0.3) is 6.08 Å². The molecule has 0 saturated heterocycles. The van der Waals surface area contributed by atoms with Crippen LogP contribution in [-0.2, 0) is 11.2 Å². The maximum absolute atomic E-state index is 13.7. The number of nitrogens with one attached hydrogen (secondary N) is 1. The highest BCUT2D eigenvalue weighted by molar-refractivity contribution is 6.30. The van der Waals surface area contributed by atoms with Crippen molar-refractivity contribution < 1.29 is 35.5 Å². The Hall–Kier alpha value is -2.75. The molecule has 1 unspecified atom stereocenters. The number of benzene rings is 2. The van der Waals surface area contributed by atoms with E-state index in [4.69, 9.17) is 17.3 Å². The lowest BCUT2D eigenvalue weighted by Crippen LogP contribution is -2.30. The van der Waals surface area contributed by atoms with Gasteiger partial charge in [-0.1, -0.05) is 35.9 Å². The topological polar surface area (TPSA) is 55.1 Å². The molecule has 0 bridgehead atoms. The number of allylic oxidation sites excluding steroid dienone is 1. The van der Waals surface area contributed by atoms with Crippen LogP contribution >= 0.6 is 11.6 Å². The zero-order valence-corrected chi connectivity index (χ0v) is 18.0.